The maximum atomic E-state index is 13.1. The summed E-state index contributed by atoms with van der Waals surface area (Å²) in [5.74, 6) is 0.922. The molecular weight excluding hydrogens is 385 g/mol. The van der Waals surface area contributed by atoms with Gasteiger partial charge in [0.25, 0.3) is 0 Å². The molecule has 158 valence electrons. The fourth-order valence-electron chi connectivity index (χ4n) is 4.23. The van der Waals surface area contributed by atoms with Crippen LogP contribution >= 0.6 is 0 Å². The van der Waals surface area contributed by atoms with Gasteiger partial charge in [0.2, 0.25) is 11.8 Å². The number of hydrogen-bond donors (Lipinski definition) is 1. The van der Waals surface area contributed by atoms with Gasteiger partial charge < -0.3 is 5.32 Å². The first-order valence-electron chi connectivity index (χ1n) is 10.4. The van der Waals surface area contributed by atoms with Gasteiger partial charge in [-0.2, -0.15) is 0 Å². The summed E-state index contributed by atoms with van der Waals surface area (Å²) in [6.45, 7) is 2.94. The quantitative estimate of drug-likeness (QED) is 0.837. The number of nitrogens with zero attached hydrogens (tertiary/aromatic N) is 4. The molecule has 1 fully saturated rings. The zero-order valence-electron chi connectivity index (χ0n) is 17.3. The third kappa shape index (κ3) is 4.18. The second-order valence-corrected chi connectivity index (χ2v) is 7.96. The van der Waals surface area contributed by atoms with Crippen molar-refractivity contribution in [3.63, 3.8) is 0 Å². The molecule has 1 atom stereocenters. The molecule has 30 heavy (non-hydrogen) atoms. The van der Waals surface area contributed by atoms with Crippen LogP contribution in [0.15, 0.2) is 24.3 Å². The molecule has 0 radical (unpaired) electrons. The molecule has 8 heteroatoms. The number of rotatable bonds is 4. The standard InChI is InChI=1S/C22H26FN5O2/c1-14-17-10-11-20(30)27(2)22(17)26-21(24-14)18-5-3-4-12-28(18)13-19(29)25-16-8-6-15(23)7-9-16/h6-9,18H,3-5,10-13H2,1-2H3,(H,25,29)/t18-/m1/s1. The zero-order valence-corrected chi connectivity index (χ0v) is 17.3. The molecule has 0 aliphatic carbocycles. The molecule has 1 aromatic heterocycles. The predicted molar refractivity (Wildman–Crippen MR) is 112 cm³/mol. The average molecular weight is 411 g/mol. The normalized spacial score (nSPS) is 19.5. The van der Waals surface area contributed by atoms with E-state index in [1.165, 1.54) is 12.1 Å². The lowest BCUT2D eigenvalue weighted by Gasteiger charge is -2.35. The van der Waals surface area contributed by atoms with Crippen LogP contribution in [-0.2, 0) is 16.0 Å². The lowest BCUT2D eigenvalue weighted by atomic mass is 9.99. The number of carbonyl (C=O) groups excluding carboxylic acids is 2. The Labute approximate surface area is 175 Å². The van der Waals surface area contributed by atoms with Crippen molar-refractivity contribution in [3.8, 4) is 0 Å². The van der Waals surface area contributed by atoms with Gasteiger partial charge in [0.1, 0.15) is 17.5 Å². The highest BCUT2D eigenvalue weighted by atomic mass is 19.1. The fourth-order valence-corrected chi connectivity index (χ4v) is 4.23. The van der Waals surface area contributed by atoms with Gasteiger partial charge in [0.05, 0.1) is 12.6 Å². The van der Waals surface area contributed by atoms with Gasteiger partial charge >= 0.3 is 0 Å². The van der Waals surface area contributed by atoms with Crippen molar-refractivity contribution in [2.45, 2.75) is 45.1 Å². The van der Waals surface area contributed by atoms with Gasteiger partial charge in [-0.3, -0.25) is 19.4 Å². The molecule has 0 spiro atoms. The summed E-state index contributed by atoms with van der Waals surface area (Å²) in [7, 11) is 1.76. The van der Waals surface area contributed by atoms with Gasteiger partial charge in [0, 0.05) is 30.4 Å². The number of halogens is 1. The van der Waals surface area contributed by atoms with E-state index in [4.69, 9.17) is 9.97 Å². The SMILES string of the molecule is Cc1nc([C@H]2CCCCN2CC(=O)Nc2ccc(F)cc2)nc2c1CCC(=O)N2C. The van der Waals surface area contributed by atoms with Crippen LogP contribution in [0.5, 0.6) is 0 Å². The highest BCUT2D eigenvalue weighted by molar-refractivity contribution is 5.95. The van der Waals surface area contributed by atoms with Crippen LogP contribution in [0.4, 0.5) is 15.9 Å². The molecule has 2 amide bonds. The number of anilines is 2. The number of aromatic nitrogens is 2. The van der Waals surface area contributed by atoms with Gasteiger partial charge in [-0.1, -0.05) is 6.42 Å². The molecule has 2 aliphatic heterocycles. The van der Waals surface area contributed by atoms with Crippen LogP contribution < -0.4 is 10.2 Å². The number of piperidine rings is 1. The molecule has 1 saturated heterocycles. The minimum atomic E-state index is -0.340. The predicted octanol–water partition coefficient (Wildman–Crippen LogP) is 3.00. The summed E-state index contributed by atoms with van der Waals surface area (Å²) >= 11 is 0. The van der Waals surface area contributed by atoms with Crippen molar-refractivity contribution in [1.29, 1.82) is 0 Å². The first-order chi connectivity index (χ1) is 14.4. The summed E-state index contributed by atoms with van der Waals surface area (Å²) in [4.78, 5) is 38.0. The third-order valence-electron chi connectivity index (χ3n) is 5.88. The van der Waals surface area contributed by atoms with Crippen LogP contribution in [0.1, 0.15) is 48.8 Å². The monoisotopic (exact) mass is 411 g/mol. The van der Waals surface area contributed by atoms with Crippen LogP contribution in [0.25, 0.3) is 0 Å². The van der Waals surface area contributed by atoms with E-state index >= 15 is 0 Å². The number of carbonyl (C=O) groups is 2. The Morgan fingerprint density at radius 3 is 2.73 bits per heavy atom. The van der Waals surface area contributed by atoms with Gasteiger partial charge in [-0.05, 0) is 57.0 Å². The van der Waals surface area contributed by atoms with Crippen molar-refractivity contribution in [2.24, 2.45) is 0 Å². The molecule has 0 bridgehead atoms. The van der Waals surface area contributed by atoms with Crippen molar-refractivity contribution in [3.05, 3.63) is 47.2 Å². The van der Waals surface area contributed by atoms with E-state index in [9.17, 15) is 14.0 Å². The Morgan fingerprint density at radius 1 is 1.20 bits per heavy atom. The Bertz CT molecular complexity index is 963. The summed E-state index contributed by atoms with van der Waals surface area (Å²) in [6.07, 6.45) is 4.04. The molecule has 1 aromatic carbocycles. The first kappa shape index (κ1) is 20.4. The maximum absolute atomic E-state index is 13.1. The summed E-state index contributed by atoms with van der Waals surface area (Å²) < 4.78 is 13.1. The van der Waals surface area contributed by atoms with E-state index in [1.54, 1.807) is 24.1 Å². The largest absolute Gasteiger partial charge is 0.325 e. The molecule has 7 nitrogen and oxygen atoms in total. The molecule has 4 rings (SSSR count). The smallest absolute Gasteiger partial charge is 0.238 e. The Kier molecular flexibility index (Phi) is 5.76. The van der Waals surface area contributed by atoms with Crippen molar-refractivity contribution in [1.82, 2.24) is 14.9 Å². The number of likely N-dealkylation sites (tertiary alicyclic amines) is 1. The van der Waals surface area contributed by atoms with Crippen LogP contribution in [0, 0.1) is 12.7 Å². The van der Waals surface area contributed by atoms with Gasteiger partial charge in [-0.25, -0.2) is 14.4 Å². The molecular formula is C22H26FN5O2. The highest BCUT2D eigenvalue weighted by Gasteiger charge is 2.31. The lowest BCUT2D eigenvalue weighted by Crippen LogP contribution is -2.40. The molecule has 2 aromatic rings. The molecule has 0 saturated carbocycles. The number of amides is 2. The Morgan fingerprint density at radius 2 is 1.97 bits per heavy atom. The van der Waals surface area contributed by atoms with E-state index in [1.807, 2.05) is 6.92 Å². The third-order valence-corrected chi connectivity index (χ3v) is 5.88. The Hall–Kier alpha value is -2.87. The lowest BCUT2D eigenvalue weighted by molar-refractivity contribution is -0.119. The van der Waals surface area contributed by atoms with E-state index in [0.717, 1.165) is 37.1 Å². The molecule has 1 N–H and O–H groups in total. The van der Waals surface area contributed by atoms with Crippen molar-refractivity contribution < 1.29 is 14.0 Å². The van der Waals surface area contributed by atoms with Crippen LogP contribution in [-0.4, -0.2) is 46.8 Å². The minimum absolute atomic E-state index is 0.0609. The van der Waals surface area contributed by atoms with Crippen molar-refractivity contribution in [2.75, 3.05) is 30.4 Å². The van der Waals surface area contributed by atoms with E-state index in [2.05, 4.69) is 10.2 Å². The molecule has 3 heterocycles. The number of benzene rings is 1. The van der Waals surface area contributed by atoms with E-state index in [0.29, 0.717) is 30.2 Å². The fraction of sp³-hybridized carbons (Fsp3) is 0.455. The molecule has 2 aliphatic rings. The van der Waals surface area contributed by atoms with Gasteiger partial charge in [0.15, 0.2) is 0 Å². The number of nitrogens with one attached hydrogen (secondary N) is 1. The summed E-state index contributed by atoms with van der Waals surface area (Å²) in [5.41, 5.74) is 2.49. The van der Waals surface area contributed by atoms with E-state index < -0.39 is 0 Å². The number of fused-ring (bicyclic) bond motifs is 1. The second kappa shape index (κ2) is 8.47. The topological polar surface area (TPSA) is 78.4 Å². The minimum Gasteiger partial charge on any atom is -0.325 e. The number of aryl methyl sites for hydroxylation is 1. The van der Waals surface area contributed by atoms with Crippen LogP contribution in [0.2, 0.25) is 0 Å². The average Bonchev–Trinajstić information content (AvgIpc) is 2.73. The molecule has 0 unspecified atom stereocenters. The zero-order chi connectivity index (χ0) is 21.3. The summed E-state index contributed by atoms with van der Waals surface area (Å²) in [6, 6.07) is 5.65. The highest BCUT2D eigenvalue weighted by Crippen LogP contribution is 2.33. The first-order valence-corrected chi connectivity index (χ1v) is 10.4. The Balaban J connectivity index is 1.54. The number of hydrogen-bond acceptors (Lipinski definition) is 5. The van der Waals surface area contributed by atoms with Gasteiger partial charge in [-0.15, -0.1) is 0 Å². The van der Waals surface area contributed by atoms with E-state index in [-0.39, 0.29) is 30.2 Å². The van der Waals surface area contributed by atoms with Crippen molar-refractivity contribution >= 4 is 23.3 Å². The van der Waals surface area contributed by atoms with Crippen LogP contribution in [0.3, 0.4) is 0 Å². The summed E-state index contributed by atoms with van der Waals surface area (Å²) in [5, 5.41) is 2.82. The maximum Gasteiger partial charge on any atom is 0.238 e. The second-order valence-electron chi connectivity index (χ2n) is 7.96.